The number of benzene rings is 2. The van der Waals surface area contributed by atoms with Crippen LogP contribution in [-0.4, -0.2) is 13.2 Å². The zero-order valence-corrected chi connectivity index (χ0v) is 24.3. The highest BCUT2D eigenvalue weighted by Gasteiger charge is 2.39. The smallest absolute Gasteiger partial charge is 0.201 e. The molecule has 41 heavy (non-hydrogen) atoms. The van der Waals surface area contributed by atoms with Crippen LogP contribution in [0.3, 0.4) is 0 Å². The largest absolute Gasteiger partial charge is 0.491 e. The van der Waals surface area contributed by atoms with Crippen molar-refractivity contribution in [1.82, 2.24) is 0 Å². The van der Waals surface area contributed by atoms with Crippen LogP contribution in [0.15, 0.2) is 36.9 Å². The molecule has 0 aliphatic heterocycles. The van der Waals surface area contributed by atoms with Gasteiger partial charge in [0, 0.05) is 11.1 Å². The highest BCUT2D eigenvalue weighted by molar-refractivity contribution is 5.67. The molecule has 0 radical (unpaired) electrons. The fraction of sp³-hybridized carbons (Fsp3) is 0.600. The molecule has 6 heteroatoms. The van der Waals surface area contributed by atoms with Gasteiger partial charge in [-0.3, -0.25) is 0 Å². The number of allylic oxidation sites excluding steroid dienone is 1. The van der Waals surface area contributed by atoms with Gasteiger partial charge in [-0.05, 0) is 131 Å². The lowest BCUT2D eigenvalue weighted by Gasteiger charge is -2.45. The second kappa shape index (κ2) is 13.6. The van der Waals surface area contributed by atoms with E-state index in [2.05, 4.69) is 12.7 Å². The van der Waals surface area contributed by atoms with E-state index >= 15 is 0 Å². The van der Waals surface area contributed by atoms with Gasteiger partial charge in [-0.25, -0.2) is 8.78 Å². The Morgan fingerprint density at radius 1 is 0.659 bits per heavy atom. The molecule has 0 N–H and O–H groups in total. The van der Waals surface area contributed by atoms with Gasteiger partial charge in [-0.15, -0.1) is 6.58 Å². The molecule has 0 heterocycles. The van der Waals surface area contributed by atoms with Crippen LogP contribution in [0.5, 0.6) is 11.5 Å². The lowest BCUT2D eigenvalue weighted by molar-refractivity contribution is 0.0479. The summed E-state index contributed by atoms with van der Waals surface area (Å²) in [5, 5.41) is 0. The zero-order valence-electron chi connectivity index (χ0n) is 24.3. The van der Waals surface area contributed by atoms with E-state index in [4.69, 9.17) is 9.47 Å². The molecule has 4 atom stereocenters. The summed E-state index contributed by atoms with van der Waals surface area (Å²) in [5.74, 6) is -0.931. The Bertz CT molecular complexity index is 1190. The maximum atomic E-state index is 15.0. The summed E-state index contributed by atoms with van der Waals surface area (Å²) in [6.45, 7) is 6.01. The highest BCUT2D eigenvalue weighted by Crippen LogP contribution is 2.49. The molecule has 2 aromatic carbocycles. The number of hydrogen-bond acceptors (Lipinski definition) is 2. The standard InChI is InChI=1S/C35H44F4O2/c1-3-5-6-22-7-10-24(11-8-22)26-14-13-25-19-23(9-12-27(25)20-26)21-41-31-18-16-29(33(37)35(31)39)28-15-17-30(40-4-2)34(38)32(28)36/h3,15-18,22-27H,1,4-14,19-21H2,2H3. The minimum absolute atomic E-state index is 0.158. The number of rotatable bonds is 10. The van der Waals surface area contributed by atoms with Crippen LogP contribution >= 0.6 is 0 Å². The third-order valence-corrected chi connectivity index (χ3v) is 10.3. The van der Waals surface area contributed by atoms with Crippen molar-refractivity contribution in [3.63, 3.8) is 0 Å². The Balaban J connectivity index is 1.13. The van der Waals surface area contributed by atoms with E-state index in [-0.39, 0.29) is 29.2 Å². The van der Waals surface area contributed by atoms with Gasteiger partial charge < -0.3 is 9.47 Å². The summed E-state index contributed by atoms with van der Waals surface area (Å²) in [6.07, 6.45) is 17.3. The number of halogens is 4. The van der Waals surface area contributed by atoms with Crippen molar-refractivity contribution in [1.29, 1.82) is 0 Å². The molecule has 0 spiro atoms. The fourth-order valence-electron chi connectivity index (χ4n) is 7.97. The van der Waals surface area contributed by atoms with Crippen molar-refractivity contribution < 1.29 is 27.0 Å². The van der Waals surface area contributed by atoms with Crippen molar-refractivity contribution in [2.45, 2.75) is 84.0 Å². The van der Waals surface area contributed by atoms with Gasteiger partial charge in [0.05, 0.1) is 13.2 Å². The molecule has 0 bridgehead atoms. The van der Waals surface area contributed by atoms with Gasteiger partial charge in [0.15, 0.2) is 23.1 Å². The first-order valence-electron chi connectivity index (χ1n) is 15.7. The second-order valence-electron chi connectivity index (χ2n) is 12.6. The number of ether oxygens (including phenoxy) is 2. The molecule has 4 unspecified atom stereocenters. The third-order valence-electron chi connectivity index (χ3n) is 10.3. The predicted molar refractivity (Wildman–Crippen MR) is 155 cm³/mol. The number of fused-ring (bicyclic) bond motifs is 1. The van der Waals surface area contributed by atoms with Crippen LogP contribution in [-0.2, 0) is 0 Å². The summed E-state index contributed by atoms with van der Waals surface area (Å²) >= 11 is 0. The van der Waals surface area contributed by atoms with Gasteiger partial charge in [-0.1, -0.05) is 18.9 Å². The van der Waals surface area contributed by atoms with Gasteiger partial charge >= 0.3 is 0 Å². The van der Waals surface area contributed by atoms with E-state index < -0.39 is 23.3 Å². The average Bonchev–Trinajstić information content (AvgIpc) is 2.99. The van der Waals surface area contributed by atoms with Crippen molar-refractivity contribution in [3.8, 4) is 22.6 Å². The molecule has 3 fully saturated rings. The summed E-state index contributed by atoms with van der Waals surface area (Å²) < 4.78 is 69.7. The van der Waals surface area contributed by atoms with Crippen LogP contribution in [0.2, 0.25) is 0 Å². The molecule has 3 saturated carbocycles. The quantitative estimate of drug-likeness (QED) is 0.208. The van der Waals surface area contributed by atoms with Gasteiger partial charge in [0.1, 0.15) is 0 Å². The van der Waals surface area contributed by atoms with E-state index in [0.29, 0.717) is 18.4 Å². The van der Waals surface area contributed by atoms with Gasteiger partial charge in [-0.2, -0.15) is 8.78 Å². The van der Waals surface area contributed by atoms with Crippen LogP contribution in [0.4, 0.5) is 17.6 Å². The van der Waals surface area contributed by atoms with E-state index in [1.165, 1.54) is 82.1 Å². The Morgan fingerprint density at radius 3 is 1.78 bits per heavy atom. The normalized spacial score (nSPS) is 28.1. The van der Waals surface area contributed by atoms with Crippen LogP contribution in [0.1, 0.15) is 84.0 Å². The molecular weight excluding hydrogens is 528 g/mol. The Kier molecular flexibility index (Phi) is 9.98. The molecule has 3 aliphatic rings. The lowest BCUT2D eigenvalue weighted by atomic mass is 9.61. The maximum absolute atomic E-state index is 15.0. The Morgan fingerprint density at radius 2 is 1.17 bits per heavy atom. The SMILES string of the molecule is C=CCCC1CCC(C2CCC3CC(COc4ccc(-c5ccc(OCC)c(F)c5F)c(F)c4F)CCC3C2)CC1. The first-order valence-corrected chi connectivity index (χ1v) is 15.7. The van der Waals surface area contributed by atoms with E-state index in [0.717, 1.165) is 42.9 Å². The monoisotopic (exact) mass is 572 g/mol. The van der Waals surface area contributed by atoms with E-state index in [1.54, 1.807) is 6.92 Å². The topological polar surface area (TPSA) is 18.5 Å². The maximum Gasteiger partial charge on any atom is 0.201 e. The first-order chi connectivity index (χ1) is 19.9. The van der Waals surface area contributed by atoms with Gasteiger partial charge in [0.2, 0.25) is 11.6 Å². The predicted octanol–water partition coefficient (Wildman–Crippen LogP) is 10.3. The molecule has 0 saturated heterocycles. The van der Waals surface area contributed by atoms with Crippen molar-refractivity contribution in [2.75, 3.05) is 13.2 Å². The van der Waals surface area contributed by atoms with Crippen molar-refractivity contribution in [3.05, 3.63) is 60.2 Å². The summed E-state index contributed by atoms with van der Waals surface area (Å²) in [6, 6.07) is 4.98. The molecule has 5 rings (SSSR count). The van der Waals surface area contributed by atoms with E-state index in [9.17, 15) is 17.6 Å². The van der Waals surface area contributed by atoms with Crippen LogP contribution in [0, 0.1) is 58.8 Å². The van der Waals surface area contributed by atoms with Crippen LogP contribution in [0.25, 0.3) is 11.1 Å². The van der Waals surface area contributed by atoms with Crippen molar-refractivity contribution >= 4 is 0 Å². The fourth-order valence-corrected chi connectivity index (χ4v) is 7.97. The molecule has 224 valence electrons. The molecule has 2 aromatic rings. The van der Waals surface area contributed by atoms with Crippen molar-refractivity contribution in [2.24, 2.45) is 35.5 Å². The second-order valence-corrected chi connectivity index (χ2v) is 12.6. The zero-order chi connectivity index (χ0) is 28.9. The van der Waals surface area contributed by atoms with E-state index in [1.807, 2.05) is 0 Å². The number of hydrogen-bond donors (Lipinski definition) is 0. The lowest BCUT2D eigenvalue weighted by Crippen LogP contribution is -2.35. The molecule has 2 nitrogen and oxygen atoms in total. The first kappa shape index (κ1) is 30.0. The van der Waals surface area contributed by atoms with Gasteiger partial charge in [0.25, 0.3) is 0 Å². The average molecular weight is 573 g/mol. The molecule has 0 amide bonds. The Labute approximate surface area is 242 Å². The molecule has 0 aromatic heterocycles. The minimum Gasteiger partial charge on any atom is -0.491 e. The Hall–Kier alpha value is -2.50. The summed E-state index contributed by atoms with van der Waals surface area (Å²) in [4.78, 5) is 0. The molecule has 3 aliphatic carbocycles. The third kappa shape index (κ3) is 6.78. The summed E-state index contributed by atoms with van der Waals surface area (Å²) in [5.41, 5.74) is -0.708. The van der Waals surface area contributed by atoms with Crippen LogP contribution < -0.4 is 9.47 Å². The minimum atomic E-state index is -1.27. The summed E-state index contributed by atoms with van der Waals surface area (Å²) in [7, 11) is 0. The molecular formula is C35H44F4O2. The highest BCUT2D eigenvalue weighted by atomic mass is 19.2.